The molecule has 2 aromatic heterocycles. The van der Waals surface area contributed by atoms with Crippen molar-refractivity contribution in [3.8, 4) is 0 Å². The Morgan fingerprint density at radius 3 is 2.86 bits per heavy atom. The average Bonchev–Trinajstić information content (AvgIpc) is 3.06. The minimum absolute atomic E-state index is 0.232. The standard InChI is InChI=1S/C21H21N3O4/c1-12-11-16(18-13(2)23-28-19(18)22-12)21(26)27-14(3)20(25)24-10-6-8-15-7-4-5-9-17(15)24/h4-5,7,9,11,14H,6,8,10H2,1-3H3/t14-/m0/s1. The highest BCUT2D eigenvalue weighted by Gasteiger charge is 2.29. The highest BCUT2D eigenvalue weighted by atomic mass is 16.5. The lowest BCUT2D eigenvalue weighted by Gasteiger charge is -2.31. The van der Waals surface area contributed by atoms with Gasteiger partial charge in [0.2, 0.25) is 0 Å². The number of rotatable bonds is 3. The summed E-state index contributed by atoms with van der Waals surface area (Å²) in [5, 5.41) is 4.38. The van der Waals surface area contributed by atoms with Crippen molar-refractivity contribution in [3.63, 3.8) is 0 Å². The molecule has 0 saturated carbocycles. The second-order valence-electron chi connectivity index (χ2n) is 7.03. The number of hydrogen-bond donors (Lipinski definition) is 0. The number of carbonyl (C=O) groups excluding carboxylic acids is 2. The number of anilines is 1. The van der Waals surface area contributed by atoms with Crippen molar-refractivity contribution in [2.45, 2.75) is 39.7 Å². The predicted octanol–water partition coefficient (Wildman–Crippen LogP) is 3.36. The van der Waals surface area contributed by atoms with E-state index >= 15 is 0 Å². The summed E-state index contributed by atoms with van der Waals surface area (Å²) in [4.78, 5) is 31.7. The second-order valence-corrected chi connectivity index (χ2v) is 7.03. The summed E-state index contributed by atoms with van der Waals surface area (Å²) < 4.78 is 10.7. The third-order valence-electron chi connectivity index (χ3n) is 4.97. The van der Waals surface area contributed by atoms with Gasteiger partial charge in [-0.15, -0.1) is 0 Å². The fourth-order valence-corrected chi connectivity index (χ4v) is 3.64. The maximum absolute atomic E-state index is 13.0. The van der Waals surface area contributed by atoms with Gasteiger partial charge in [-0.1, -0.05) is 23.4 Å². The Morgan fingerprint density at radius 2 is 2.04 bits per heavy atom. The summed E-state index contributed by atoms with van der Waals surface area (Å²) >= 11 is 0. The molecule has 4 rings (SSSR count). The van der Waals surface area contributed by atoms with Crippen molar-refractivity contribution >= 4 is 28.7 Å². The number of fused-ring (bicyclic) bond motifs is 2. The number of para-hydroxylation sites is 1. The smallest absolute Gasteiger partial charge is 0.339 e. The zero-order valence-electron chi connectivity index (χ0n) is 16.1. The van der Waals surface area contributed by atoms with Crippen molar-refractivity contribution in [1.82, 2.24) is 10.1 Å². The highest BCUT2D eigenvalue weighted by Crippen LogP contribution is 2.28. The van der Waals surface area contributed by atoms with E-state index in [4.69, 9.17) is 9.26 Å². The van der Waals surface area contributed by atoms with E-state index in [1.54, 1.807) is 31.7 Å². The molecule has 28 heavy (non-hydrogen) atoms. The van der Waals surface area contributed by atoms with Gasteiger partial charge in [-0.3, -0.25) is 4.79 Å². The normalized spacial score (nSPS) is 14.6. The van der Waals surface area contributed by atoms with Crippen molar-refractivity contribution < 1.29 is 18.8 Å². The Kier molecular flexibility index (Phi) is 4.58. The third-order valence-corrected chi connectivity index (χ3v) is 4.97. The Bertz CT molecular complexity index is 1070. The number of nitrogens with zero attached hydrogens (tertiary/aromatic N) is 3. The van der Waals surface area contributed by atoms with Crippen LogP contribution in [0, 0.1) is 13.8 Å². The molecule has 1 aliphatic rings. The number of hydrogen-bond acceptors (Lipinski definition) is 6. The Hall–Kier alpha value is -3.22. The molecule has 7 heteroatoms. The van der Waals surface area contributed by atoms with Gasteiger partial charge in [0.1, 0.15) is 0 Å². The fourth-order valence-electron chi connectivity index (χ4n) is 3.64. The molecule has 0 spiro atoms. The van der Waals surface area contributed by atoms with E-state index in [1.807, 2.05) is 24.3 Å². The fraction of sp³-hybridized carbons (Fsp3) is 0.333. The van der Waals surface area contributed by atoms with Crippen LogP contribution >= 0.6 is 0 Å². The summed E-state index contributed by atoms with van der Waals surface area (Å²) in [6.45, 7) is 5.70. The summed E-state index contributed by atoms with van der Waals surface area (Å²) in [5.74, 6) is -0.822. The number of aromatic nitrogens is 2. The van der Waals surface area contributed by atoms with Crippen LogP contribution in [-0.4, -0.2) is 34.7 Å². The summed E-state index contributed by atoms with van der Waals surface area (Å²) in [6, 6.07) is 9.46. The lowest BCUT2D eigenvalue weighted by molar-refractivity contribution is -0.126. The summed E-state index contributed by atoms with van der Waals surface area (Å²) in [5.41, 5.74) is 3.78. The van der Waals surface area contributed by atoms with Gasteiger partial charge in [0.05, 0.1) is 16.6 Å². The molecule has 0 unspecified atom stereocenters. The van der Waals surface area contributed by atoms with Gasteiger partial charge >= 0.3 is 5.97 Å². The van der Waals surface area contributed by atoms with Crippen LogP contribution in [0.2, 0.25) is 0 Å². The number of ether oxygens (including phenoxy) is 1. The first-order chi connectivity index (χ1) is 13.5. The lowest BCUT2D eigenvalue weighted by atomic mass is 10.0. The number of esters is 1. The Morgan fingerprint density at radius 1 is 1.25 bits per heavy atom. The van der Waals surface area contributed by atoms with Crippen molar-refractivity contribution in [3.05, 3.63) is 52.8 Å². The minimum atomic E-state index is -0.914. The van der Waals surface area contributed by atoms with E-state index in [0.717, 1.165) is 24.1 Å². The molecule has 1 amide bonds. The maximum atomic E-state index is 13.0. The molecule has 3 aromatic rings. The lowest BCUT2D eigenvalue weighted by Crippen LogP contribution is -2.42. The van der Waals surface area contributed by atoms with Gasteiger partial charge in [-0.05, 0) is 51.3 Å². The SMILES string of the molecule is Cc1cc(C(=O)O[C@@H](C)C(=O)N2CCCc3ccccc32)c2c(C)noc2n1. The molecule has 7 nitrogen and oxygen atoms in total. The first-order valence-electron chi connectivity index (χ1n) is 9.29. The van der Waals surface area contributed by atoms with Gasteiger partial charge in [-0.2, -0.15) is 0 Å². The van der Waals surface area contributed by atoms with Gasteiger partial charge < -0.3 is 14.2 Å². The molecule has 3 heterocycles. The first kappa shape index (κ1) is 18.2. The van der Waals surface area contributed by atoms with E-state index < -0.39 is 12.1 Å². The topological polar surface area (TPSA) is 85.5 Å². The van der Waals surface area contributed by atoms with E-state index in [2.05, 4.69) is 10.1 Å². The maximum Gasteiger partial charge on any atom is 0.339 e. The molecule has 1 aliphatic heterocycles. The zero-order chi connectivity index (χ0) is 19.8. The number of aryl methyl sites for hydroxylation is 3. The number of benzene rings is 1. The van der Waals surface area contributed by atoms with Crippen LogP contribution < -0.4 is 4.90 Å². The highest BCUT2D eigenvalue weighted by molar-refractivity contribution is 6.05. The van der Waals surface area contributed by atoms with Gasteiger partial charge in [0.25, 0.3) is 11.6 Å². The molecule has 0 radical (unpaired) electrons. The largest absolute Gasteiger partial charge is 0.449 e. The van der Waals surface area contributed by atoms with Crippen LogP contribution in [0.4, 0.5) is 5.69 Å². The van der Waals surface area contributed by atoms with E-state index in [0.29, 0.717) is 28.9 Å². The van der Waals surface area contributed by atoms with E-state index in [9.17, 15) is 9.59 Å². The quantitative estimate of drug-likeness (QED) is 0.649. The molecule has 144 valence electrons. The second kappa shape index (κ2) is 7.07. The van der Waals surface area contributed by atoms with Crippen molar-refractivity contribution in [2.24, 2.45) is 0 Å². The van der Waals surface area contributed by atoms with Crippen LogP contribution in [0.15, 0.2) is 34.9 Å². The average molecular weight is 379 g/mol. The van der Waals surface area contributed by atoms with Crippen LogP contribution in [0.25, 0.3) is 11.1 Å². The third kappa shape index (κ3) is 3.13. The molecule has 0 saturated heterocycles. The van der Waals surface area contributed by atoms with E-state index in [-0.39, 0.29) is 11.6 Å². The Balaban J connectivity index is 1.58. The molecule has 0 aliphatic carbocycles. The van der Waals surface area contributed by atoms with Gasteiger partial charge in [-0.25, -0.2) is 9.78 Å². The number of pyridine rings is 1. The predicted molar refractivity (Wildman–Crippen MR) is 103 cm³/mol. The molecule has 1 aromatic carbocycles. The van der Waals surface area contributed by atoms with Crippen LogP contribution in [-0.2, 0) is 16.0 Å². The molecule has 0 bridgehead atoms. The van der Waals surface area contributed by atoms with Crippen LogP contribution in [0.5, 0.6) is 0 Å². The van der Waals surface area contributed by atoms with Crippen molar-refractivity contribution in [2.75, 3.05) is 11.4 Å². The number of carbonyl (C=O) groups is 2. The van der Waals surface area contributed by atoms with Crippen LogP contribution in [0.1, 0.15) is 40.7 Å². The molecule has 0 fully saturated rings. The Labute approximate surface area is 162 Å². The molecule has 0 N–H and O–H groups in total. The van der Waals surface area contributed by atoms with E-state index in [1.165, 1.54) is 0 Å². The zero-order valence-corrected chi connectivity index (χ0v) is 16.1. The van der Waals surface area contributed by atoms with Crippen molar-refractivity contribution in [1.29, 1.82) is 0 Å². The molecule has 1 atom stereocenters. The molecular formula is C21H21N3O4. The first-order valence-corrected chi connectivity index (χ1v) is 9.29. The van der Waals surface area contributed by atoms with Gasteiger partial charge in [0, 0.05) is 17.9 Å². The number of amides is 1. The molecular weight excluding hydrogens is 358 g/mol. The monoisotopic (exact) mass is 379 g/mol. The van der Waals surface area contributed by atoms with Crippen LogP contribution in [0.3, 0.4) is 0 Å². The van der Waals surface area contributed by atoms with Gasteiger partial charge in [0.15, 0.2) is 6.10 Å². The summed E-state index contributed by atoms with van der Waals surface area (Å²) in [6.07, 6.45) is 0.908. The minimum Gasteiger partial charge on any atom is -0.449 e. The summed E-state index contributed by atoms with van der Waals surface area (Å²) in [7, 11) is 0.